The maximum absolute atomic E-state index is 14.1. The first-order valence-electron chi connectivity index (χ1n) is 7.74. The van der Waals surface area contributed by atoms with E-state index in [0.29, 0.717) is 10.1 Å². The Hall–Kier alpha value is -3.51. The van der Waals surface area contributed by atoms with Crippen LogP contribution in [0, 0.1) is 0 Å². The van der Waals surface area contributed by atoms with Gasteiger partial charge in [0.2, 0.25) is 17.7 Å². The van der Waals surface area contributed by atoms with E-state index in [-0.39, 0.29) is 29.2 Å². The number of para-hydroxylation sites is 1. The number of carbonyl (C=O) groups excluding carboxylic acids is 2. The molecule has 1 atom stereocenters. The van der Waals surface area contributed by atoms with E-state index in [2.05, 4.69) is 30.9 Å². The molecule has 3 N–H and O–H groups in total. The molecule has 1 aliphatic rings. The van der Waals surface area contributed by atoms with E-state index in [1.165, 1.54) is 19.1 Å². The third-order valence-electron chi connectivity index (χ3n) is 4.21. The summed E-state index contributed by atoms with van der Waals surface area (Å²) in [4.78, 5) is 28.3. The van der Waals surface area contributed by atoms with Gasteiger partial charge < -0.3 is 5.32 Å². The second-order valence-corrected chi connectivity index (χ2v) is 5.74. The van der Waals surface area contributed by atoms with Gasteiger partial charge >= 0.3 is 6.18 Å². The van der Waals surface area contributed by atoms with Crippen molar-refractivity contribution in [1.82, 2.24) is 35.5 Å². The topological polar surface area (TPSA) is 130 Å². The number of anilines is 1. The highest BCUT2D eigenvalue weighted by atomic mass is 19.4. The Morgan fingerprint density at radius 1 is 1.37 bits per heavy atom. The molecule has 0 fully saturated rings. The van der Waals surface area contributed by atoms with Crippen molar-refractivity contribution in [2.75, 3.05) is 5.32 Å². The van der Waals surface area contributed by atoms with E-state index in [1.54, 1.807) is 6.07 Å². The number of nitrogens with one attached hydrogen (secondary N) is 3. The second-order valence-electron chi connectivity index (χ2n) is 5.74. The number of hydrogen-bond donors (Lipinski definition) is 3. The number of hydrogen-bond acceptors (Lipinski definition) is 6. The zero-order valence-electron chi connectivity index (χ0n) is 13.6. The van der Waals surface area contributed by atoms with Gasteiger partial charge in [0.1, 0.15) is 5.52 Å². The molecule has 10 nitrogen and oxygen atoms in total. The molecule has 4 rings (SSSR count). The van der Waals surface area contributed by atoms with Crippen LogP contribution in [-0.4, -0.2) is 48.2 Å². The van der Waals surface area contributed by atoms with Crippen molar-refractivity contribution >= 4 is 28.8 Å². The van der Waals surface area contributed by atoms with Crippen LogP contribution < -0.4 is 10.6 Å². The molecule has 3 heterocycles. The fourth-order valence-electron chi connectivity index (χ4n) is 3.00. The molecule has 140 valence electrons. The standard InChI is InChI=1S/C14H11F3N8O2/c1-2-8(26)20-13(14(15,16)17)11(27)19-12-18-9-6(10-21-23-24-22-10)4-3-5-7(9)25(12)13/h3-5H,2H2,1H3,(H,20,26)(H,18,19,27)(H,21,22,23,24). The number of aromatic amines is 1. The van der Waals surface area contributed by atoms with E-state index in [4.69, 9.17) is 0 Å². The van der Waals surface area contributed by atoms with Crippen molar-refractivity contribution in [3.63, 3.8) is 0 Å². The lowest BCUT2D eigenvalue weighted by molar-refractivity contribution is -0.217. The van der Waals surface area contributed by atoms with Crippen molar-refractivity contribution < 1.29 is 22.8 Å². The molecule has 2 amide bonds. The molecule has 0 spiro atoms. The van der Waals surface area contributed by atoms with E-state index in [9.17, 15) is 22.8 Å². The number of H-pyrrole nitrogens is 1. The number of fused-ring (bicyclic) bond motifs is 3. The van der Waals surface area contributed by atoms with E-state index >= 15 is 0 Å². The Morgan fingerprint density at radius 3 is 2.78 bits per heavy atom. The number of tetrazole rings is 1. The highest BCUT2D eigenvalue weighted by molar-refractivity contribution is 6.06. The molecular formula is C14H11F3N8O2. The average Bonchev–Trinajstić information content (AvgIpc) is 3.30. The molecule has 3 aromatic rings. The lowest BCUT2D eigenvalue weighted by Gasteiger charge is -2.31. The lowest BCUT2D eigenvalue weighted by atomic mass is 10.1. The van der Waals surface area contributed by atoms with Crippen molar-refractivity contribution in [3.8, 4) is 11.4 Å². The molecule has 0 bridgehead atoms. The summed E-state index contributed by atoms with van der Waals surface area (Å²) < 4.78 is 42.8. The van der Waals surface area contributed by atoms with Crippen molar-refractivity contribution in [2.45, 2.75) is 25.2 Å². The highest BCUT2D eigenvalue weighted by Gasteiger charge is 2.67. The molecule has 0 aliphatic carbocycles. The first kappa shape index (κ1) is 16.9. The number of halogens is 3. The summed E-state index contributed by atoms with van der Waals surface area (Å²) in [5.74, 6) is -2.60. The third-order valence-corrected chi connectivity index (χ3v) is 4.21. The van der Waals surface area contributed by atoms with E-state index < -0.39 is 23.7 Å². The summed E-state index contributed by atoms with van der Waals surface area (Å²) in [6.45, 7) is 1.38. The minimum atomic E-state index is -5.12. The molecule has 0 saturated heterocycles. The summed E-state index contributed by atoms with van der Waals surface area (Å²) >= 11 is 0. The predicted octanol–water partition coefficient (Wildman–Crippen LogP) is 0.910. The summed E-state index contributed by atoms with van der Waals surface area (Å²) in [6, 6.07) is 4.38. The zero-order chi connectivity index (χ0) is 19.4. The smallest absolute Gasteiger partial charge is 0.317 e. The number of amides is 2. The molecule has 0 radical (unpaired) electrons. The molecule has 0 saturated carbocycles. The fourth-order valence-corrected chi connectivity index (χ4v) is 3.00. The van der Waals surface area contributed by atoms with Crippen LogP contribution in [0.15, 0.2) is 18.2 Å². The maximum atomic E-state index is 14.1. The molecule has 1 unspecified atom stereocenters. The molecular weight excluding hydrogens is 369 g/mol. The van der Waals surface area contributed by atoms with Gasteiger partial charge in [-0.15, -0.1) is 10.2 Å². The van der Waals surface area contributed by atoms with Gasteiger partial charge in [0.25, 0.3) is 11.6 Å². The van der Waals surface area contributed by atoms with Gasteiger partial charge in [-0.2, -0.15) is 18.4 Å². The van der Waals surface area contributed by atoms with Crippen molar-refractivity contribution in [3.05, 3.63) is 18.2 Å². The quantitative estimate of drug-likeness (QED) is 0.619. The number of nitrogens with zero attached hydrogens (tertiary/aromatic N) is 5. The Bertz CT molecular complexity index is 1060. The van der Waals surface area contributed by atoms with Crippen LogP contribution in [-0.2, 0) is 15.3 Å². The van der Waals surface area contributed by atoms with Crippen molar-refractivity contribution in [2.24, 2.45) is 0 Å². The third kappa shape index (κ3) is 2.20. The van der Waals surface area contributed by atoms with Gasteiger partial charge in [0.05, 0.1) is 11.1 Å². The van der Waals surface area contributed by atoms with Crippen LogP contribution >= 0.6 is 0 Å². The van der Waals surface area contributed by atoms with Gasteiger partial charge in [-0.25, -0.2) is 4.98 Å². The number of alkyl halides is 3. The van der Waals surface area contributed by atoms with Crippen molar-refractivity contribution in [1.29, 1.82) is 0 Å². The summed E-state index contributed by atoms with van der Waals surface area (Å²) in [5.41, 5.74) is -2.90. The summed E-state index contributed by atoms with van der Waals surface area (Å²) in [5, 5.41) is 17.2. The van der Waals surface area contributed by atoms with Crippen LogP contribution in [0.4, 0.5) is 19.1 Å². The van der Waals surface area contributed by atoms with Gasteiger partial charge in [0, 0.05) is 6.42 Å². The number of benzene rings is 1. The van der Waals surface area contributed by atoms with Gasteiger partial charge in [0.15, 0.2) is 0 Å². The maximum Gasteiger partial charge on any atom is 0.440 e. The first-order chi connectivity index (χ1) is 12.8. The predicted molar refractivity (Wildman–Crippen MR) is 84.0 cm³/mol. The van der Waals surface area contributed by atoms with Gasteiger partial charge in [-0.3, -0.25) is 19.5 Å². The Balaban J connectivity index is 2.02. The van der Waals surface area contributed by atoms with Crippen LogP contribution in [0.1, 0.15) is 13.3 Å². The molecule has 13 heteroatoms. The minimum absolute atomic E-state index is 0.0284. The van der Waals surface area contributed by atoms with Crippen LogP contribution in [0.3, 0.4) is 0 Å². The highest BCUT2D eigenvalue weighted by Crippen LogP contribution is 2.44. The zero-order valence-corrected chi connectivity index (χ0v) is 13.6. The summed E-state index contributed by atoms with van der Waals surface area (Å²) in [7, 11) is 0. The Kier molecular flexibility index (Phi) is 3.44. The largest absolute Gasteiger partial charge is 0.440 e. The van der Waals surface area contributed by atoms with Crippen LogP contribution in [0.25, 0.3) is 22.4 Å². The van der Waals surface area contributed by atoms with Gasteiger partial charge in [-0.1, -0.05) is 13.0 Å². The first-order valence-corrected chi connectivity index (χ1v) is 7.74. The number of rotatable bonds is 3. The number of imidazole rings is 1. The SMILES string of the molecule is CCC(=O)NC1(C(F)(F)F)C(=O)Nc2nc3c(-c4nn[nH]n4)cccc3n21. The molecule has 1 aromatic carbocycles. The normalized spacial score (nSPS) is 19.2. The molecule has 27 heavy (non-hydrogen) atoms. The summed E-state index contributed by atoms with van der Waals surface area (Å²) in [6.07, 6.45) is -5.36. The van der Waals surface area contributed by atoms with Gasteiger partial charge in [-0.05, 0) is 17.3 Å². The minimum Gasteiger partial charge on any atom is -0.317 e. The van der Waals surface area contributed by atoms with Crippen LogP contribution in [0.5, 0.6) is 0 Å². The molecule has 2 aromatic heterocycles. The second kappa shape index (κ2) is 5.49. The number of carbonyl (C=O) groups is 2. The number of aromatic nitrogens is 6. The fraction of sp³-hybridized carbons (Fsp3) is 0.286. The van der Waals surface area contributed by atoms with E-state index in [0.717, 1.165) is 0 Å². The average molecular weight is 380 g/mol. The molecule has 1 aliphatic heterocycles. The van der Waals surface area contributed by atoms with E-state index in [1.807, 2.05) is 5.32 Å². The Labute approximate surface area is 148 Å². The van der Waals surface area contributed by atoms with Crippen LogP contribution in [0.2, 0.25) is 0 Å². The Morgan fingerprint density at radius 2 is 2.15 bits per heavy atom. The monoisotopic (exact) mass is 380 g/mol. The lowest BCUT2D eigenvalue weighted by Crippen LogP contribution is -2.63.